The Labute approximate surface area is 163 Å². The van der Waals surface area contributed by atoms with Crippen LogP contribution in [0.2, 0.25) is 0 Å². The van der Waals surface area contributed by atoms with Gasteiger partial charge in [-0.2, -0.15) is 5.10 Å². The van der Waals surface area contributed by atoms with Crippen molar-refractivity contribution in [1.29, 1.82) is 0 Å². The largest absolute Gasteiger partial charge is 0.490 e. The van der Waals surface area contributed by atoms with E-state index in [1.165, 1.54) is 17.3 Å². The minimum atomic E-state index is -0.182. The molecule has 1 unspecified atom stereocenters. The zero-order valence-corrected chi connectivity index (χ0v) is 16.5. The van der Waals surface area contributed by atoms with Gasteiger partial charge >= 0.3 is 0 Å². The van der Waals surface area contributed by atoms with Crippen LogP contribution in [0.3, 0.4) is 0 Å². The van der Waals surface area contributed by atoms with Gasteiger partial charge in [-0.15, -0.1) is 5.10 Å². The first kappa shape index (κ1) is 19.2. The summed E-state index contributed by atoms with van der Waals surface area (Å²) in [6.45, 7) is 6.01. The van der Waals surface area contributed by atoms with E-state index in [9.17, 15) is 4.79 Å². The second kappa shape index (κ2) is 8.86. The van der Waals surface area contributed by atoms with Crippen molar-refractivity contribution in [2.75, 3.05) is 0 Å². The van der Waals surface area contributed by atoms with Crippen molar-refractivity contribution in [3.05, 3.63) is 65.2 Å². The van der Waals surface area contributed by atoms with Crippen molar-refractivity contribution in [3.63, 3.8) is 0 Å². The maximum absolute atomic E-state index is 12.2. The molecule has 1 amide bonds. The van der Waals surface area contributed by atoms with Crippen molar-refractivity contribution >= 4 is 29.1 Å². The Morgan fingerprint density at radius 2 is 1.93 bits per heavy atom. The monoisotopic (exact) mass is 381 g/mol. The van der Waals surface area contributed by atoms with Crippen LogP contribution < -0.4 is 10.1 Å². The molecule has 1 atom stereocenters. The number of thioether (sulfide) groups is 1. The van der Waals surface area contributed by atoms with E-state index in [2.05, 4.69) is 39.8 Å². The summed E-state index contributed by atoms with van der Waals surface area (Å²) in [6, 6.07) is 15.9. The molecule has 1 fully saturated rings. The van der Waals surface area contributed by atoms with Gasteiger partial charge in [-0.1, -0.05) is 53.7 Å². The fourth-order valence-electron chi connectivity index (χ4n) is 2.62. The number of hydrogen-bond donors (Lipinski definition) is 1. The lowest BCUT2D eigenvalue weighted by Crippen LogP contribution is -2.25. The van der Waals surface area contributed by atoms with Crippen LogP contribution in [0.1, 0.15) is 30.5 Å². The molecule has 1 N–H and O–H groups in total. The standard InChI is InChI=1S/C21H23N3O2S/c1-14(2)26-18-7-5-4-6-17(18)13-22-24-21-23-20(25)19(27-21)12-16-10-8-15(3)9-11-16/h4-11,13-14,19H,12H2,1-3H3,(H,23,24,25). The van der Waals surface area contributed by atoms with Gasteiger partial charge in [-0.05, 0) is 44.9 Å². The van der Waals surface area contributed by atoms with E-state index in [0.717, 1.165) is 16.9 Å². The fraction of sp³-hybridized carbons (Fsp3) is 0.286. The molecule has 1 aliphatic heterocycles. The third-order valence-electron chi connectivity index (χ3n) is 3.95. The van der Waals surface area contributed by atoms with Crippen molar-refractivity contribution in [1.82, 2.24) is 5.32 Å². The van der Waals surface area contributed by atoms with Crippen LogP contribution >= 0.6 is 11.8 Å². The summed E-state index contributed by atoms with van der Waals surface area (Å²) in [4.78, 5) is 12.2. The maximum atomic E-state index is 12.2. The minimum Gasteiger partial charge on any atom is -0.490 e. The SMILES string of the molecule is Cc1ccc(CC2SC(=NN=Cc3ccccc3OC(C)C)NC2=O)cc1. The summed E-state index contributed by atoms with van der Waals surface area (Å²) in [5, 5.41) is 11.4. The van der Waals surface area contributed by atoms with Crippen molar-refractivity contribution < 1.29 is 9.53 Å². The molecule has 0 aromatic heterocycles. The van der Waals surface area contributed by atoms with E-state index < -0.39 is 0 Å². The number of hydrogen-bond acceptors (Lipinski definition) is 5. The third-order valence-corrected chi connectivity index (χ3v) is 5.02. The van der Waals surface area contributed by atoms with Gasteiger partial charge in [0.15, 0.2) is 5.17 Å². The first-order valence-corrected chi connectivity index (χ1v) is 9.79. The number of amides is 1. The molecule has 27 heavy (non-hydrogen) atoms. The van der Waals surface area contributed by atoms with E-state index in [1.807, 2.05) is 45.0 Å². The highest BCUT2D eigenvalue weighted by Crippen LogP contribution is 2.24. The Bertz CT molecular complexity index is 860. The van der Waals surface area contributed by atoms with Gasteiger partial charge in [0, 0.05) is 5.56 Å². The number of aryl methyl sites for hydroxylation is 1. The van der Waals surface area contributed by atoms with Crippen LogP contribution in [0.4, 0.5) is 0 Å². The average Bonchev–Trinajstić information content (AvgIpc) is 2.97. The van der Waals surface area contributed by atoms with Gasteiger partial charge in [-0.25, -0.2) is 0 Å². The van der Waals surface area contributed by atoms with Crippen LogP contribution in [0.25, 0.3) is 0 Å². The van der Waals surface area contributed by atoms with Gasteiger partial charge < -0.3 is 10.1 Å². The van der Waals surface area contributed by atoms with Crippen LogP contribution in [-0.4, -0.2) is 28.6 Å². The zero-order chi connectivity index (χ0) is 19.2. The summed E-state index contributed by atoms with van der Waals surface area (Å²) >= 11 is 1.41. The quantitative estimate of drug-likeness (QED) is 0.609. The van der Waals surface area contributed by atoms with E-state index in [1.54, 1.807) is 6.21 Å². The van der Waals surface area contributed by atoms with Gasteiger partial charge in [0.1, 0.15) is 5.75 Å². The molecule has 0 bridgehead atoms. The molecule has 2 aromatic carbocycles. The van der Waals surface area contributed by atoms with Crippen molar-refractivity contribution in [3.8, 4) is 5.75 Å². The summed E-state index contributed by atoms with van der Waals surface area (Å²) in [5.41, 5.74) is 3.19. The summed E-state index contributed by atoms with van der Waals surface area (Å²) < 4.78 is 5.76. The van der Waals surface area contributed by atoms with Crippen molar-refractivity contribution in [2.45, 2.75) is 38.5 Å². The van der Waals surface area contributed by atoms with Gasteiger partial charge in [0.2, 0.25) is 5.91 Å². The highest BCUT2D eigenvalue weighted by molar-refractivity contribution is 8.15. The molecule has 3 rings (SSSR count). The molecule has 1 aliphatic rings. The Kier molecular flexibility index (Phi) is 6.29. The number of ether oxygens (including phenoxy) is 1. The number of para-hydroxylation sites is 1. The second-order valence-electron chi connectivity index (χ2n) is 6.64. The molecule has 0 spiro atoms. The van der Waals surface area contributed by atoms with E-state index >= 15 is 0 Å². The lowest BCUT2D eigenvalue weighted by molar-refractivity contribution is -0.118. The number of amidine groups is 1. The predicted molar refractivity (Wildman–Crippen MR) is 112 cm³/mol. The Morgan fingerprint density at radius 3 is 2.67 bits per heavy atom. The number of nitrogens with one attached hydrogen (secondary N) is 1. The second-order valence-corrected chi connectivity index (χ2v) is 7.83. The molecule has 0 radical (unpaired) electrons. The molecule has 6 heteroatoms. The topological polar surface area (TPSA) is 63.1 Å². The highest BCUT2D eigenvalue weighted by atomic mass is 32.2. The highest BCUT2D eigenvalue weighted by Gasteiger charge is 2.30. The summed E-state index contributed by atoms with van der Waals surface area (Å²) in [7, 11) is 0. The molecule has 0 aliphatic carbocycles. The van der Waals surface area contributed by atoms with E-state index in [0.29, 0.717) is 11.6 Å². The van der Waals surface area contributed by atoms with Gasteiger partial charge in [0.25, 0.3) is 0 Å². The first-order valence-electron chi connectivity index (χ1n) is 8.91. The van der Waals surface area contributed by atoms with Crippen molar-refractivity contribution in [2.24, 2.45) is 10.2 Å². The molecule has 1 saturated heterocycles. The molecule has 1 heterocycles. The number of benzene rings is 2. The number of nitrogens with zero attached hydrogens (tertiary/aromatic N) is 2. The fourth-order valence-corrected chi connectivity index (χ4v) is 3.58. The lowest BCUT2D eigenvalue weighted by atomic mass is 10.1. The normalized spacial score (nSPS) is 18.4. The van der Waals surface area contributed by atoms with Crippen LogP contribution in [0.15, 0.2) is 58.7 Å². The number of carbonyl (C=O) groups excluding carboxylic acids is 1. The molecular formula is C21H23N3O2S. The smallest absolute Gasteiger partial charge is 0.239 e. The maximum Gasteiger partial charge on any atom is 0.239 e. The zero-order valence-electron chi connectivity index (χ0n) is 15.7. The van der Waals surface area contributed by atoms with Gasteiger partial charge in [0.05, 0.1) is 17.6 Å². The van der Waals surface area contributed by atoms with E-state index in [-0.39, 0.29) is 17.3 Å². The van der Waals surface area contributed by atoms with Crippen LogP contribution in [0.5, 0.6) is 5.75 Å². The van der Waals surface area contributed by atoms with Crippen LogP contribution in [-0.2, 0) is 11.2 Å². The first-order chi connectivity index (χ1) is 13.0. The summed E-state index contributed by atoms with van der Waals surface area (Å²) in [6.07, 6.45) is 2.40. The predicted octanol–water partition coefficient (Wildman–Crippen LogP) is 3.95. The molecule has 0 saturated carbocycles. The van der Waals surface area contributed by atoms with Crippen LogP contribution in [0, 0.1) is 6.92 Å². The Balaban J connectivity index is 1.64. The minimum absolute atomic E-state index is 0.0296. The molecule has 5 nitrogen and oxygen atoms in total. The lowest BCUT2D eigenvalue weighted by Gasteiger charge is -2.11. The van der Waals surface area contributed by atoms with Gasteiger partial charge in [-0.3, -0.25) is 4.79 Å². The van der Waals surface area contributed by atoms with E-state index in [4.69, 9.17) is 4.74 Å². The third kappa shape index (κ3) is 5.44. The Morgan fingerprint density at radius 1 is 1.19 bits per heavy atom. The number of rotatable bonds is 6. The molecule has 140 valence electrons. The molecule has 2 aromatic rings. The average molecular weight is 382 g/mol. The summed E-state index contributed by atoms with van der Waals surface area (Å²) in [5.74, 6) is 0.731. The Hall–Kier alpha value is -2.60. The number of carbonyl (C=O) groups is 1. The molecular weight excluding hydrogens is 358 g/mol.